The second-order valence-electron chi connectivity index (χ2n) is 6.38. The van der Waals surface area contributed by atoms with E-state index in [4.69, 9.17) is 16.3 Å². The second-order valence-corrected chi connectivity index (χ2v) is 6.77. The molecule has 27 heavy (non-hydrogen) atoms. The van der Waals surface area contributed by atoms with Gasteiger partial charge < -0.3 is 25.4 Å². The van der Waals surface area contributed by atoms with E-state index in [1.807, 2.05) is 30.3 Å². The van der Waals surface area contributed by atoms with Gasteiger partial charge in [0.25, 0.3) is 0 Å². The van der Waals surface area contributed by atoms with Gasteiger partial charge in [-0.15, -0.1) is 0 Å². The molecule has 0 saturated carbocycles. The summed E-state index contributed by atoms with van der Waals surface area (Å²) in [7, 11) is 0. The highest BCUT2D eigenvalue weighted by atomic mass is 35.5. The number of aliphatic hydroxyl groups excluding tert-OH is 3. The summed E-state index contributed by atoms with van der Waals surface area (Å²) in [6.45, 7) is 0.177. The van der Waals surface area contributed by atoms with E-state index in [-0.39, 0.29) is 5.15 Å². The Morgan fingerprint density at radius 1 is 1.19 bits per heavy atom. The predicted octanol–water partition coefficient (Wildman–Crippen LogP) is 1.31. The number of pyridine rings is 1. The first-order valence-electron chi connectivity index (χ1n) is 8.52. The smallest absolute Gasteiger partial charge is 0.165 e. The fourth-order valence-corrected chi connectivity index (χ4v) is 3.39. The number of anilines is 1. The maximum atomic E-state index is 10.3. The number of fused-ring (bicyclic) bond motifs is 1. The monoisotopic (exact) mass is 390 g/mol. The van der Waals surface area contributed by atoms with Crippen LogP contribution in [-0.2, 0) is 11.3 Å². The van der Waals surface area contributed by atoms with Crippen LogP contribution in [0.4, 0.5) is 5.69 Å². The highest BCUT2D eigenvalue weighted by Crippen LogP contribution is 2.33. The summed E-state index contributed by atoms with van der Waals surface area (Å²) in [6.07, 6.45) is -2.75. The second kappa shape index (κ2) is 7.41. The summed E-state index contributed by atoms with van der Waals surface area (Å²) >= 11 is 6.18. The number of nitrogens with zero attached hydrogens (tertiary/aromatic N) is 3. The first-order valence-corrected chi connectivity index (χ1v) is 8.89. The largest absolute Gasteiger partial charge is 0.394 e. The first kappa shape index (κ1) is 18.1. The van der Waals surface area contributed by atoms with Crippen molar-refractivity contribution in [2.24, 2.45) is 0 Å². The molecule has 1 aliphatic heterocycles. The number of hydrogen-bond acceptors (Lipinski definition) is 7. The van der Waals surface area contributed by atoms with Crippen molar-refractivity contribution >= 4 is 28.5 Å². The lowest BCUT2D eigenvalue weighted by molar-refractivity contribution is -0.0511. The van der Waals surface area contributed by atoms with Gasteiger partial charge in [-0.2, -0.15) is 0 Å². The van der Waals surface area contributed by atoms with E-state index >= 15 is 0 Å². The molecule has 1 saturated heterocycles. The summed E-state index contributed by atoms with van der Waals surface area (Å²) < 4.78 is 7.08. The molecule has 1 aliphatic rings. The number of benzene rings is 1. The average Bonchev–Trinajstić information content (AvgIpc) is 3.22. The lowest BCUT2D eigenvalue weighted by atomic mass is 10.1. The number of hydrogen-bond donors (Lipinski definition) is 4. The summed E-state index contributed by atoms with van der Waals surface area (Å²) in [5, 5.41) is 33.1. The van der Waals surface area contributed by atoms with Crippen molar-refractivity contribution < 1.29 is 20.1 Å². The van der Waals surface area contributed by atoms with Crippen LogP contribution in [0.1, 0.15) is 11.8 Å². The minimum atomic E-state index is -1.22. The highest BCUT2D eigenvalue weighted by molar-refractivity contribution is 6.30. The Kier molecular flexibility index (Phi) is 4.98. The van der Waals surface area contributed by atoms with Crippen LogP contribution in [0.25, 0.3) is 11.2 Å². The predicted molar refractivity (Wildman–Crippen MR) is 99.3 cm³/mol. The van der Waals surface area contributed by atoms with E-state index in [0.29, 0.717) is 23.4 Å². The molecule has 3 heterocycles. The molecule has 4 rings (SSSR count). The fraction of sp³-hybridized carbons (Fsp3) is 0.333. The minimum Gasteiger partial charge on any atom is -0.394 e. The molecule has 3 unspecified atom stereocenters. The van der Waals surface area contributed by atoms with Gasteiger partial charge in [-0.05, 0) is 5.56 Å². The normalized spacial score (nSPS) is 25.2. The molecule has 8 nitrogen and oxygen atoms in total. The summed E-state index contributed by atoms with van der Waals surface area (Å²) in [5.41, 5.74) is 2.77. The van der Waals surface area contributed by atoms with Gasteiger partial charge in [0.15, 0.2) is 11.9 Å². The first-order chi connectivity index (χ1) is 13.1. The number of ether oxygens (including phenoxy) is 1. The van der Waals surface area contributed by atoms with E-state index in [1.54, 1.807) is 6.07 Å². The Morgan fingerprint density at radius 3 is 2.67 bits per heavy atom. The molecule has 0 spiro atoms. The molecule has 0 amide bonds. The van der Waals surface area contributed by atoms with E-state index in [9.17, 15) is 15.3 Å². The van der Waals surface area contributed by atoms with E-state index < -0.39 is 31.1 Å². The zero-order valence-electron chi connectivity index (χ0n) is 14.2. The molecule has 1 fully saturated rings. The van der Waals surface area contributed by atoms with Gasteiger partial charge in [-0.3, -0.25) is 4.57 Å². The van der Waals surface area contributed by atoms with Crippen molar-refractivity contribution in [2.75, 3.05) is 11.9 Å². The number of aromatic nitrogens is 3. The zero-order chi connectivity index (χ0) is 19.0. The van der Waals surface area contributed by atoms with Crippen LogP contribution in [0.15, 0.2) is 42.7 Å². The van der Waals surface area contributed by atoms with Crippen molar-refractivity contribution in [1.82, 2.24) is 14.5 Å². The lowest BCUT2D eigenvalue weighted by Crippen LogP contribution is -2.33. The molecule has 4 atom stereocenters. The molecule has 3 aromatic rings. The molecule has 2 aromatic heterocycles. The third-order valence-corrected chi connectivity index (χ3v) is 4.81. The quantitative estimate of drug-likeness (QED) is 0.486. The zero-order valence-corrected chi connectivity index (χ0v) is 15.0. The van der Waals surface area contributed by atoms with Crippen LogP contribution in [0.5, 0.6) is 0 Å². The van der Waals surface area contributed by atoms with Gasteiger partial charge in [-0.1, -0.05) is 41.9 Å². The Hall–Kier alpha value is -2.23. The van der Waals surface area contributed by atoms with Crippen LogP contribution >= 0.6 is 11.6 Å². The molecule has 0 bridgehead atoms. The van der Waals surface area contributed by atoms with Gasteiger partial charge in [0.2, 0.25) is 0 Å². The van der Waals surface area contributed by atoms with E-state index in [2.05, 4.69) is 15.3 Å². The highest BCUT2D eigenvalue weighted by Gasteiger charge is 2.44. The summed E-state index contributed by atoms with van der Waals surface area (Å²) in [6, 6.07) is 11.6. The number of halogens is 1. The molecule has 0 aliphatic carbocycles. The molecule has 1 aromatic carbocycles. The maximum absolute atomic E-state index is 10.3. The number of rotatable bonds is 5. The summed E-state index contributed by atoms with van der Waals surface area (Å²) in [5.74, 6) is 0. The van der Waals surface area contributed by atoms with Crippen LogP contribution < -0.4 is 5.32 Å². The maximum Gasteiger partial charge on any atom is 0.165 e. The van der Waals surface area contributed by atoms with Crippen molar-refractivity contribution in [2.45, 2.75) is 31.1 Å². The van der Waals surface area contributed by atoms with E-state index in [0.717, 1.165) is 5.56 Å². The van der Waals surface area contributed by atoms with Gasteiger partial charge in [-0.25, -0.2) is 9.97 Å². The van der Waals surface area contributed by atoms with Gasteiger partial charge in [0.1, 0.15) is 29.0 Å². The number of nitrogens with one attached hydrogen (secondary N) is 1. The van der Waals surface area contributed by atoms with Gasteiger partial charge in [0, 0.05) is 12.6 Å². The lowest BCUT2D eigenvalue weighted by Gasteiger charge is -2.17. The SMILES string of the molecule is OC[C@H]1OC(n2cnc3c(NCc4ccccc4)cc(Cl)nc32)C(O)C1O. The van der Waals surface area contributed by atoms with Crippen molar-refractivity contribution in [3.8, 4) is 0 Å². The fourth-order valence-electron chi connectivity index (χ4n) is 3.20. The van der Waals surface area contributed by atoms with Crippen LogP contribution in [0, 0.1) is 0 Å². The molecule has 4 N–H and O–H groups in total. The van der Waals surface area contributed by atoms with Crippen molar-refractivity contribution in [3.63, 3.8) is 0 Å². The van der Waals surface area contributed by atoms with E-state index in [1.165, 1.54) is 10.9 Å². The Morgan fingerprint density at radius 2 is 1.96 bits per heavy atom. The summed E-state index contributed by atoms with van der Waals surface area (Å²) in [4.78, 5) is 8.67. The third-order valence-electron chi connectivity index (χ3n) is 4.62. The average molecular weight is 391 g/mol. The van der Waals surface area contributed by atoms with Crippen LogP contribution in [0.2, 0.25) is 5.15 Å². The Bertz CT molecular complexity index is 936. The van der Waals surface area contributed by atoms with Crippen molar-refractivity contribution in [1.29, 1.82) is 0 Å². The molecular weight excluding hydrogens is 372 g/mol. The van der Waals surface area contributed by atoms with Crippen LogP contribution in [-0.4, -0.2) is 54.8 Å². The van der Waals surface area contributed by atoms with Gasteiger partial charge >= 0.3 is 0 Å². The molecule has 9 heteroatoms. The molecular formula is C18H19ClN4O4. The molecule has 0 radical (unpaired) electrons. The Balaban J connectivity index is 1.66. The minimum absolute atomic E-state index is 0.256. The van der Waals surface area contributed by atoms with Gasteiger partial charge in [0.05, 0.1) is 18.6 Å². The number of aliphatic hydroxyl groups is 3. The van der Waals surface area contributed by atoms with Crippen LogP contribution in [0.3, 0.4) is 0 Å². The number of imidazole rings is 1. The topological polar surface area (TPSA) is 113 Å². The third kappa shape index (κ3) is 3.38. The standard InChI is InChI=1S/C18H19ClN4O4/c19-13-6-11(20-7-10-4-2-1-3-5-10)14-17(22-13)23(9-21-14)18-16(26)15(25)12(8-24)27-18/h1-6,9,12,15-16,18,24-26H,7-8H2,(H,20,22)/t12-,15?,16?,18?/m1/s1. The molecule has 142 valence electrons. The van der Waals surface area contributed by atoms with Crippen molar-refractivity contribution in [3.05, 3.63) is 53.4 Å². The Labute approximate surface area is 160 Å².